The van der Waals surface area contributed by atoms with Gasteiger partial charge in [0.25, 0.3) is 5.91 Å². The van der Waals surface area contributed by atoms with Crippen LogP contribution in [0.2, 0.25) is 0 Å². The predicted octanol–water partition coefficient (Wildman–Crippen LogP) is 3.24. The molecule has 0 aliphatic rings. The maximum Gasteiger partial charge on any atom is 0.406 e. The van der Waals surface area contributed by atoms with Crippen molar-refractivity contribution in [1.82, 2.24) is 9.88 Å². The highest BCUT2D eigenvalue weighted by Gasteiger charge is 2.32. The van der Waals surface area contributed by atoms with E-state index < -0.39 is 18.6 Å². The van der Waals surface area contributed by atoms with Gasteiger partial charge < -0.3 is 10.2 Å². The number of alkyl halides is 3. The number of halogens is 3. The van der Waals surface area contributed by atoms with Crippen LogP contribution in [0.4, 0.5) is 19.0 Å². The number of aryl methyl sites for hydroxylation is 1. The molecule has 0 aliphatic heterocycles. The molecule has 0 spiro atoms. The van der Waals surface area contributed by atoms with Gasteiger partial charge in [0.2, 0.25) is 0 Å². The highest BCUT2D eigenvalue weighted by molar-refractivity contribution is 5.95. The molecule has 1 heterocycles. The summed E-state index contributed by atoms with van der Waals surface area (Å²) in [7, 11) is 0. The highest BCUT2D eigenvalue weighted by Crippen LogP contribution is 2.19. The number of rotatable bonds is 6. The topological polar surface area (TPSA) is 45.2 Å². The van der Waals surface area contributed by atoms with Crippen LogP contribution in [0.5, 0.6) is 0 Å². The Bertz CT molecular complexity index is 489. The Morgan fingerprint density at radius 1 is 1.33 bits per heavy atom. The minimum Gasteiger partial charge on any atom is -0.370 e. The SMILES string of the molecule is CCCNc1cc(C(=O)N(CC)CC(F)(F)F)cc(C)n1. The average Bonchev–Trinajstić information content (AvgIpc) is 2.40. The lowest BCUT2D eigenvalue weighted by molar-refractivity contribution is -0.140. The van der Waals surface area contributed by atoms with Crippen LogP contribution in [0.1, 0.15) is 36.3 Å². The van der Waals surface area contributed by atoms with Crippen LogP contribution in [-0.4, -0.2) is 41.6 Å². The second-order valence-corrected chi connectivity index (χ2v) is 4.74. The number of carbonyl (C=O) groups is 1. The van der Waals surface area contributed by atoms with Crippen LogP contribution >= 0.6 is 0 Å². The number of nitrogens with one attached hydrogen (secondary N) is 1. The van der Waals surface area contributed by atoms with Crippen LogP contribution in [-0.2, 0) is 0 Å². The van der Waals surface area contributed by atoms with E-state index in [0.29, 0.717) is 18.1 Å². The van der Waals surface area contributed by atoms with E-state index in [4.69, 9.17) is 0 Å². The van der Waals surface area contributed by atoms with Crippen molar-refractivity contribution in [3.63, 3.8) is 0 Å². The highest BCUT2D eigenvalue weighted by atomic mass is 19.4. The zero-order valence-electron chi connectivity index (χ0n) is 12.4. The van der Waals surface area contributed by atoms with Gasteiger partial charge in [0.1, 0.15) is 12.4 Å². The molecule has 0 aromatic carbocycles. The predicted molar refractivity (Wildman–Crippen MR) is 75.4 cm³/mol. The van der Waals surface area contributed by atoms with E-state index in [-0.39, 0.29) is 12.1 Å². The number of hydrogen-bond acceptors (Lipinski definition) is 3. The summed E-state index contributed by atoms with van der Waals surface area (Å²) >= 11 is 0. The maximum absolute atomic E-state index is 12.5. The number of hydrogen-bond donors (Lipinski definition) is 1. The largest absolute Gasteiger partial charge is 0.406 e. The first kappa shape index (κ1) is 17.3. The number of nitrogens with zero attached hydrogens (tertiary/aromatic N) is 2. The first-order chi connectivity index (χ1) is 9.76. The maximum atomic E-state index is 12.5. The molecule has 0 saturated carbocycles. The standard InChI is InChI=1S/C14H20F3N3O/c1-4-6-18-12-8-11(7-10(3)19-12)13(21)20(5-2)9-14(15,16)17/h7-8H,4-6,9H2,1-3H3,(H,18,19). The molecule has 0 bridgehead atoms. The zero-order chi connectivity index (χ0) is 16.0. The van der Waals surface area contributed by atoms with E-state index in [9.17, 15) is 18.0 Å². The molecule has 1 rings (SSSR count). The molecule has 0 saturated heterocycles. The fraction of sp³-hybridized carbons (Fsp3) is 0.571. The van der Waals surface area contributed by atoms with Gasteiger partial charge in [-0.25, -0.2) is 4.98 Å². The molecule has 1 N–H and O–H groups in total. The summed E-state index contributed by atoms with van der Waals surface area (Å²) in [5.41, 5.74) is 0.801. The number of pyridine rings is 1. The normalized spacial score (nSPS) is 11.3. The summed E-state index contributed by atoms with van der Waals surface area (Å²) in [4.78, 5) is 17.2. The lowest BCUT2D eigenvalue weighted by Crippen LogP contribution is -2.38. The zero-order valence-corrected chi connectivity index (χ0v) is 12.4. The molecule has 0 atom stereocenters. The van der Waals surface area contributed by atoms with Crippen molar-refractivity contribution in [3.8, 4) is 0 Å². The second-order valence-electron chi connectivity index (χ2n) is 4.74. The van der Waals surface area contributed by atoms with Crippen LogP contribution in [0.15, 0.2) is 12.1 Å². The fourth-order valence-corrected chi connectivity index (χ4v) is 1.86. The van der Waals surface area contributed by atoms with Crippen LogP contribution in [0.3, 0.4) is 0 Å². The molecule has 4 nitrogen and oxygen atoms in total. The van der Waals surface area contributed by atoms with E-state index in [1.807, 2.05) is 6.92 Å². The third kappa shape index (κ3) is 5.61. The summed E-state index contributed by atoms with van der Waals surface area (Å²) in [6.07, 6.45) is -3.52. The van der Waals surface area contributed by atoms with Crippen molar-refractivity contribution >= 4 is 11.7 Å². The van der Waals surface area contributed by atoms with E-state index in [2.05, 4.69) is 10.3 Å². The number of carbonyl (C=O) groups excluding carboxylic acids is 1. The Balaban J connectivity index is 2.96. The quantitative estimate of drug-likeness (QED) is 0.877. The van der Waals surface area contributed by atoms with Crippen molar-refractivity contribution in [2.75, 3.05) is 25.0 Å². The Morgan fingerprint density at radius 3 is 2.52 bits per heavy atom. The van der Waals surface area contributed by atoms with Gasteiger partial charge in [-0.05, 0) is 32.4 Å². The third-order valence-corrected chi connectivity index (χ3v) is 2.80. The van der Waals surface area contributed by atoms with Gasteiger partial charge >= 0.3 is 6.18 Å². The molecular weight excluding hydrogens is 283 g/mol. The van der Waals surface area contributed by atoms with Crippen molar-refractivity contribution < 1.29 is 18.0 Å². The van der Waals surface area contributed by atoms with Crippen molar-refractivity contribution in [2.45, 2.75) is 33.4 Å². The summed E-state index contributed by atoms with van der Waals surface area (Å²) in [6.45, 7) is 4.64. The molecule has 0 fully saturated rings. The van der Waals surface area contributed by atoms with Gasteiger partial charge in [-0.3, -0.25) is 4.79 Å². The van der Waals surface area contributed by atoms with Gasteiger partial charge in [0.05, 0.1) is 0 Å². The van der Waals surface area contributed by atoms with Crippen molar-refractivity contribution in [2.24, 2.45) is 0 Å². The summed E-state index contributed by atoms with van der Waals surface area (Å²) in [5.74, 6) is -0.136. The monoisotopic (exact) mass is 303 g/mol. The summed E-state index contributed by atoms with van der Waals surface area (Å²) < 4.78 is 37.4. The molecule has 7 heteroatoms. The average molecular weight is 303 g/mol. The van der Waals surface area contributed by atoms with E-state index >= 15 is 0 Å². The van der Waals surface area contributed by atoms with E-state index in [1.54, 1.807) is 6.92 Å². The van der Waals surface area contributed by atoms with Gasteiger partial charge in [-0.2, -0.15) is 13.2 Å². The van der Waals surface area contributed by atoms with Crippen LogP contribution in [0, 0.1) is 6.92 Å². The van der Waals surface area contributed by atoms with E-state index in [0.717, 1.165) is 11.3 Å². The third-order valence-electron chi connectivity index (χ3n) is 2.80. The minimum atomic E-state index is -4.41. The lowest BCUT2D eigenvalue weighted by atomic mass is 10.2. The molecule has 0 aliphatic carbocycles. The lowest BCUT2D eigenvalue weighted by Gasteiger charge is -2.22. The number of aromatic nitrogens is 1. The molecule has 1 amide bonds. The molecule has 1 aromatic heterocycles. The second kappa shape index (κ2) is 7.28. The first-order valence-corrected chi connectivity index (χ1v) is 6.85. The Labute approximate surface area is 122 Å². The molecular formula is C14H20F3N3O. The van der Waals surface area contributed by atoms with Crippen molar-refractivity contribution in [3.05, 3.63) is 23.4 Å². The minimum absolute atomic E-state index is 0.00254. The molecule has 118 valence electrons. The fourth-order valence-electron chi connectivity index (χ4n) is 1.86. The molecule has 1 aromatic rings. The van der Waals surface area contributed by atoms with Gasteiger partial charge in [-0.1, -0.05) is 6.92 Å². The molecule has 0 unspecified atom stereocenters. The van der Waals surface area contributed by atoms with Crippen molar-refractivity contribution in [1.29, 1.82) is 0 Å². The summed E-state index contributed by atoms with van der Waals surface area (Å²) in [5, 5.41) is 3.03. The molecule has 21 heavy (non-hydrogen) atoms. The Morgan fingerprint density at radius 2 is 2.00 bits per heavy atom. The smallest absolute Gasteiger partial charge is 0.370 e. The molecule has 0 radical (unpaired) electrons. The van der Waals surface area contributed by atoms with E-state index in [1.165, 1.54) is 19.1 Å². The Kier molecular flexibility index (Phi) is 5.99. The Hall–Kier alpha value is -1.79. The van der Waals surface area contributed by atoms with Gasteiger partial charge in [-0.15, -0.1) is 0 Å². The van der Waals surface area contributed by atoms with Crippen LogP contribution in [0.25, 0.3) is 0 Å². The van der Waals surface area contributed by atoms with Gasteiger partial charge in [0, 0.05) is 24.3 Å². The number of anilines is 1. The first-order valence-electron chi connectivity index (χ1n) is 6.85. The summed E-state index contributed by atoms with van der Waals surface area (Å²) in [6, 6.07) is 2.99. The van der Waals surface area contributed by atoms with Crippen LogP contribution < -0.4 is 5.32 Å². The van der Waals surface area contributed by atoms with Gasteiger partial charge in [0.15, 0.2) is 0 Å². The number of amides is 1.